The Morgan fingerprint density at radius 1 is 0.960 bits per heavy atom. The van der Waals surface area contributed by atoms with E-state index in [1.165, 1.54) is 5.56 Å². The molecule has 0 radical (unpaired) electrons. The molecular weight excluding hydrogens is 316 g/mol. The Bertz CT molecular complexity index is 698. The van der Waals surface area contributed by atoms with Crippen molar-refractivity contribution in [2.24, 2.45) is 0 Å². The molecule has 1 aromatic heterocycles. The van der Waals surface area contributed by atoms with Crippen molar-refractivity contribution in [3.63, 3.8) is 0 Å². The Hall–Kier alpha value is -2.73. The molecule has 2 amide bonds. The van der Waals surface area contributed by atoms with Gasteiger partial charge in [0.05, 0.1) is 6.54 Å². The van der Waals surface area contributed by atoms with Crippen LogP contribution in [0.5, 0.6) is 0 Å². The van der Waals surface area contributed by atoms with E-state index in [2.05, 4.69) is 15.2 Å². The van der Waals surface area contributed by atoms with Crippen molar-refractivity contribution < 1.29 is 9.59 Å². The van der Waals surface area contributed by atoms with E-state index in [1.54, 1.807) is 36.7 Å². The Kier molecular flexibility index (Phi) is 5.74. The molecule has 3 rings (SSSR count). The molecule has 0 atom stereocenters. The summed E-state index contributed by atoms with van der Waals surface area (Å²) in [4.78, 5) is 32.4. The predicted molar refractivity (Wildman–Crippen MR) is 94.9 cm³/mol. The van der Waals surface area contributed by atoms with Crippen LogP contribution in [0.15, 0.2) is 54.9 Å². The molecule has 130 valence electrons. The monoisotopic (exact) mass is 338 g/mol. The second-order valence-corrected chi connectivity index (χ2v) is 6.06. The summed E-state index contributed by atoms with van der Waals surface area (Å²) in [6.07, 6.45) is 3.59. The van der Waals surface area contributed by atoms with E-state index in [4.69, 9.17) is 0 Å². The minimum Gasteiger partial charge on any atom is -0.343 e. The van der Waals surface area contributed by atoms with Crippen molar-refractivity contribution in [3.05, 3.63) is 66.0 Å². The summed E-state index contributed by atoms with van der Waals surface area (Å²) < 4.78 is 0. The lowest BCUT2D eigenvalue weighted by Gasteiger charge is -2.34. The van der Waals surface area contributed by atoms with Crippen LogP contribution in [0.25, 0.3) is 0 Å². The van der Waals surface area contributed by atoms with Crippen LogP contribution in [0.3, 0.4) is 0 Å². The molecule has 1 aromatic carbocycles. The summed E-state index contributed by atoms with van der Waals surface area (Å²) in [6, 6.07) is 13.0. The highest BCUT2D eigenvalue weighted by Crippen LogP contribution is 2.08. The van der Waals surface area contributed by atoms with Crippen LogP contribution >= 0.6 is 0 Å². The molecule has 25 heavy (non-hydrogen) atoms. The lowest BCUT2D eigenvalue weighted by atomic mass is 10.2. The Labute approximate surface area is 147 Å². The van der Waals surface area contributed by atoms with Gasteiger partial charge in [0, 0.05) is 50.7 Å². The number of piperazine rings is 1. The largest absolute Gasteiger partial charge is 0.343 e. The van der Waals surface area contributed by atoms with E-state index in [0.29, 0.717) is 18.7 Å². The summed E-state index contributed by atoms with van der Waals surface area (Å²) in [5.74, 6) is -0.252. The molecule has 0 spiro atoms. The third-order valence-electron chi connectivity index (χ3n) is 4.32. The quantitative estimate of drug-likeness (QED) is 0.888. The zero-order chi connectivity index (χ0) is 17.5. The number of nitrogens with zero attached hydrogens (tertiary/aromatic N) is 3. The van der Waals surface area contributed by atoms with Crippen LogP contribution in [0.4, 0.5) is 0 Å². The number of rotatable bonds is 5. The first-order chi connectivity index (χ1) is 12.2. The first-order valence-corrected chi connectivity index (χ1v) is 8.44. The van der Waals surface area contributed by atoms with Gasteiger partial charge in [0.25, 0.3) is 5.91 Å². The van der Waals surface area contributed by atoms with Gasteiger partial charge in [0.15, 0.2) is 0 Å². The minimum atomic E-state index is -0.217. The van der Waals surface area contributed by atoms with Gasteiger partial charge in [-0.15, -0.1) is 0 Å². The van der Waals surface area contributed by atoms with Gasteiger partial charge in [0.2, 0.25) is 5.91 Å². The maximum absolute atomic E-state index is 12.3. The topological polar surface area (TPSA) is 65.5 Å². The van der Waals surface area contributed by atoms with Crippen molar-refractivity contribution in [1.82, 2.24) is 20.1 Å². The molecule has 2 aromatic rings. The molecule has 6 heteroatoms. The van der Waals surface area contributed by atoms with Gasteiger partial charge in [0.1, 0.15) is 0 Å². The fourth-order valence-electron chi connectivity index (χ4n) is 2.86. The molecule has 1 saturated heterocycles. The highest BCUT2D eigenvalue weighted by molar-refractivity contribution is 5.96. The molecule has 1 N–H and O–H groups in total. The minimum absolute atomic E-state index is 0.0344. The molecule has 6 nitrogen and oxygen atoms in total. The number of pyridine rings is 1. The Balaban J connectivity index is 1.42. The lowest BCUT2D eigenvalue weighted by Crippen LogP contribution is -2.50. The summed E-state index contributed by atoms with van der Waals surface area (Å²) in [6.45, 7) is 3.95. The number of benzene rings is 1. The van der Waals surface area contributed by atoms with Gasteiger partial charge in [-0.1, -0.05) is 18.2 Å². The fourth-order valence-corrected chi connectivity index (χ4v) is 2.86. The zero-order valence-corrected chi connectivity index (χ0v) is 14.1. The van der Waals surface area contributed by atoms with Gasteiger partial charge in [-0.3, -0.25) is 19.5 Å². The summed E-state index contributed by atoms with van der Waals surface area (Å²) in [7, 11) is 0. The maximum Gasteiger partial charge on any atom is 0.251 e. The third-order valence-corrected chi connectivity index (χ3v) is 4.32. The maximum atomic E-state index is 12.3. The number of carbonyl (C=O) groups excluding carboxylic acids is 2. The number of hydrogen-bond acceptors (Lipinski definition) is 4. The van der Waals surface area contributed by atoms with Gasteiger partial charge < -0.3 is 10.2 Å². The highest BCUT2D eigenvalue weighted by Gasteiger charge is 2.21. The lowest BCUT2D eigenvalue weighted by molar-refractivity contribution is -0.131. The number of aromatic nitrogens is 1. The molecule has 0 aliphatic carbocycles. The zero-order valence-electron chi connectivity index (χ0n) is 14.1. The van der Waals surface area contributed by atoms with Crippen LogP contribution < -0.4 is 5.32 Å². The third kappa shape index (κ3) is 4.87. The van der Waals surface area contributed by atoms with E-state index in [9.17, 15) is 9.59 Å². The first kappa shape index (κ1) is 17.1. The number of hydrogen-bond donors (Lipinski definition) is 1. The highest BCUT2D eigenvalue weighted by atomic mass is 16.2. The molecular formula is C19H22N4O2. The van der Waals surface area contributed by atoms with E-state index < -0.39 is 0 Å². The summed E-state index contributed by atoms with van der Waals surface area (Å²) >= 11 is 0. The summed E-state index contributed by atoms with van der Waals surface area (Å²) in [5, 5.41) is 2.70. The average molecular weight is 338 g/mol. The van der Waals surface area contributed by atoms with Crippen molar-refractivity contribution >= 4 is 11.8 Å². The van der Waals surface area contributed by atoms with Gasteiger partial charge >= 0.3 is 0 Å². The fraction of sp³-hybridized carbons (Fsp3) is 0.316. The smallest absolute Gasteiger partial charge is 0.251 e. The van der Waals surface area contributed by atoms with Crippen LogP contribution in [0.1, 0.15) is 15.9 Å². The normalized spacial score (nSPS) is 15.0. The van der Waals surface area contributed by atoms with E-state index >= 15 is 0 Å². The van der Waals surface area contributed by atoms with Gasteiger partial charge in [-0.25, -0.2) is 0 Å². The number of nitrogens with one attached hydrogen (secondary N) is 1. The van der Waals surface area contributed by atoms with Crippen molar-refractivity contribution in [1.29, 1.82) is 0 Å². The second kappa shape index (κ2) is 8.39. The Morgan fingerprint density at radius 2 is 1.64 bits per heavy atom. The molecule has 0 bridgehead atoms. The first-order valence-electron chi connectivity index (χ1n) is 8.44. The predicted octanol–water partition coefficient (Wildman–Crippen LogP) is 1.16. The van der Waals surface area contributed by atoms with Crippen molar-refractivity contribution in [3.8, 4) is 0 Å². The van der Waals surface area contributed by atoms with Crippen LogP contribution in [0.2, 0.25) is 0 Å². The van der Waals surface area contributed by atoms with E-state index in [-0.39, 0.29) is 18.4 Å². The molecule has 1 aliphatic heterocycles. The van der Waals surface area contributed by atoms with Crippen LogP contribution in [-0.2, 0) is 11.3 Å². The van der Waals surface area contributed by atoms with Crippen LogP contribution in [-0.4, -0.2) is 59.3 Å². The average Bonchev–Trinajstić information content (AvgIpc) is 2.68. The number of carbonyl (C=O) groups is 2. The summed E-state index contributed by atoms with van der Waals surface area (Å²) in [5.41, 5.74) is 1.79. The second-order valence-electron chi connectivity index (χ2n) is 6.06. The molecule has 1 aliphatic rings. The molecule has 0 unspecified atom stereocenters. The van der Waals surface area contributed by atoms with Gasteiger partial charge in [-0.05, 0) is 29.8 Å². The van der Waals surface area contributed by atoms with Crippen molar-refractivity contribution in [2.45, 2.75) is 6.54 Å². The Morgan fingerprint density at radius 3 is 2.32 bits per heavy atom. The molecule has 2 heterocycles. The van der Waals surface area contributed by atoms with E-state index in [0.717, 1.165) is 19.6 Å². The van der Waals surface area contributed by atoms with Gasteiger partial charge in [-0.2, -0.15) is 0 Å². The number of amides is 2. The molecule has 0 saturated carbocycles. The van der Waals surface area contributed by atoms with Crippen LogP contribution in [0, 0.1) is 0 Å². The standard InChI is InChI=1S/C19H22N4O2/c24-18(14-21-19(25)17-4-2-1-3-5-17)23-12-10-22(11-13-23)15-16-6-8-20-9-7-16/h1-9H,10-15H2,(H,21,25). The molecule has 1 fully saturated rings. The SMILES string of the molecule is O=C(NCC(=O)N1CCN(Cc2ccncc2)CC1)c1ccccc1. The van der Waals surface area contributed by atoms with E-state index in [1.807, 2.05) is 23.1 Å². The van der Waals surface area contributed by atoms with Crippen molar-refractivity contribution in [2.75, 3.05) is 32.7 Å².